The minimum Gasteiger partial charge on any atom is -0.351 e. The number of benzene rings is 3. The molecule has 5 nitrogen and oxygen atoms in total. The molecule has 7 heteroatoms. The minimum absolute atomic E-state index is 0.198. The van der Waals surface area contributed by atoms with Crippen molar-refractivity contribution in [2.24, 2.45) is 7.05 Å². The SMILES string of the molecule is Cn1ccc2cc(NC(=O)Nc3cccc(CNCc4cc(F)ccc4F)c3)ccc21. The van der Waals surface area contributed by atoms with Crippen molar-refractivity contribution in [3.05, 3.63) is 95.7 Å². The Morgan fingerprint density at radius 2 is 1.71 bits per heavy atom. The van der Waals surface area contributed by atoms with Crippen molar-refractivity contribution in [3.8, 4) is 0 Å². The molecule has 0 radical (unpaired) electrons. The summed E-state index contributed by atoms with van der Waals surface area (Å²) >= 11 is 0. The normalized spacial score (nSPS) is 10.9. The first kappa shape index (κ1) is 20.6. The average Bonchev–Trinajstić information content (AvgIpc) is 3.11. The van der Waals surface area contributed by atoms with Crippen LogP contribution in [0.2, 0.25) is 0 Å². The fourth-order valence-corrected chi connectivity index (χ4v) is 3.43. The Morgan fingerprint density at radius 3 is 2.55 bits per heavy atom. The van der Waals surface area contributed by atoms with Crippen molar-refractivity contribution < 1.29 is 13.6 Å². The Balaban J connectivity index is 1.34. The summed E-state index contributed by atoms with van der Waals surface area (Å²) in [5.41, 5.74) is 3.59. The quantitative estimate of drug-likeness (QED) is 0.392. The predicted molar refractivity (Wildman–Crippen MR) is 119 cm³/mol. The van der Waals surface area contributed by atoms with E-state index in [4.69, 9.17) is 0 Å². The van der Waals surface area contributed by atoms with E-state index in [2.05, 4.69) is 16.0 Å². The van der Waals surface area contributed by atoms with Gasteiger partial charge in [0.05, 0.1) is 0 Å². The van der Waals surface area contributed by atoms with E-state index in [-0.39, 0.29) is 18.1 Å². The molecule has 0 atom stereocenters. The van der Waals surface area contributed by atoms with Crippen LogP contribution in [0.3, 0.4) is 0 Å². The molecule has 0 saturated heterocycles. The fourth-order valence-electron chi connectivity index (χ4n) is 3.43. The number of fused-ring (bicyclic) bond motifs is 1. The van der Waals surface area contributed by atoms with E-state index in [1.807, 2.05) is 60.3 Å². The molecule has 158 valence electrons. The van der Waals surface area contributed by atoms with Crippen LogP contribution in [0, 0.1) is 11.6 Å². The lowest BCUT2D eigenvalue weighted by atomic mass is 10.1. The van der Waals surface area contributed by atoms with Crippen molar-refractivity contribution in [3.63, 3.8) is 0 Å². The first-order valence-electron chi connectivity index (χ1n) is 9.84. The van der Waals surface area contributed by atoms with Gasteiger partial charge in [0, 0.05) is 54.2 Å². The Labute approximate surface area is 178 Å². The second kappa shape index (κ2) is 8.97. The molecule has 4 aromatic rings. The Bertz CT molecular complexity index is 1240. The number of anilines is 2. The lowest BCUT2D eigenvalue weighted by Crippen LogP contribution is -2.19. The number of hydrogen-bond acceptors (Lipinski definition) is 2. The standard InChI is InChI=1S/C24H22F2N4O/c1-30-10-9-17-13-21(6-8-23(17)30)29-24(31)28-20-4-2-3-16(11-20)14-27-15-18-12-19(25)5-7-22(18)26/h2-13,27H,14-15H2,1H3,(H2,28,29,31). The molecule has 0 aliphatic carbocycles. The van der Waals surface area contributed by atoms with Crippen LogP contribution < -0.4 is 16.0 Å². The third-order valence-corrected chi connectivity index (χ3v) is 4.98. The van der Waals surface area contributed by atoms with Gasteiger partial charge >= 0.3 is 6.03 Å². The number of aromatic nitrogens is 1. The summed E-state index contributed by atoms with van der Waals surface area (Å²) in [4.78, 5) is 12.4. The molecule has 31 heavy (non-hydrogen) atoms. The molecule has 0 spiro atoms. The molecule has 0 saturated carbocycles. The maximum Gasteiger partial charge on any atom is 0.323 e. The highest BCUT2D eigenvalue weighted by molar-refractivity contribution is 6.01. The highest BCUT2D eigenvalue weighted by Crippen LogP contribution is 2.20. The van der Waals surface area contributed by atoms with Crippen LogP contribution in [0.1, 0.15) is 11.1 Å². The second-order valence-corrected chi connectivity index (χ2v) is 7.32. The molecular formula is C24H22F2N4O. The Morgan fingerprint density at radius 1 is 0.903 bits per heavy atom. The molecule has 3 N–H and O–H groups in total. The molecule has 2 amide bonds. The van der Waals surface area contributed by atoms with E-state index in [1.54, 1.807) is 6.07 Å². The summed E-state index contributed by atoms with van der Waals surface area (Å²) in [7, 11) is 1.97. The zero-order valence-corrected chi connectivity index (χ0v) is 17.0. The van der Waals surface area contributed by atoms with E-state index in [1.165, 1.54) is 6.07 Å². The van der Waals surface area contributed by atoms with Crippen LogP contribution in [0.5, 0.6) is 0 Å². The number of carbonyl (C=O) groups is 1. The third kappa shape index (κ3) is 5.07. The van der Waals surface area contributed by atoms with Gasteiger partial charge in [-0.1, -0.05) is 12.1 Å². The number of aryl methyl sites for hydroxylation is 1. The van der Waals surface area contributed by atoms with Gasteiger partial charge in [-0.05, 0) is 60.2 Å². The minimum atomic E-state index is -0.471. The van der Waals surface area contributed by atoms with Crippen molar-refractivity contribution in [1.82, 2.24) is 9.88 Å². The van der Waals surface area contributed by atoms with Gasteiger partial charge in [-0.15, -0.1) is 0 Å². The first-order valence-corrected chi connectivity index (χ1v) is 9.84. The number of amides is 2. The van der Waals surface area contributed by atoms with Crippen LogP contribution >= 0.6 is 0 Å². The van der Waals surface area contributed by atoms with E-state index in [9.17, 15) is 13.6 Å². The fraction of sp³-hybridized carbons (Fsp3) is 0.125. The van der Waals surface area contributed by atoms with Gasteiger partial charge in [-0.25, -0.2) is 13.6 Å². The van der Waals surface area contributed by atoms with Crippen molar-refractivity contribution in [2.45, 2.75) is 13.1 Å². The molecule has 0 aliphatic rings. The van der Waals surface area contributed by atoms with Gasteiger partial charge in [0.2, 0.25) is 0 Å². The summed E-state index contributed by atoms with van der Waals surface area (Å²) in [6, 6.07) is 18.1. The number of carbonyl (C=O) groups excluding carboxylic acids is 1. The van der Waals surface area contributed by atoms with Crippen molar-refractivity contribution in [2.75, 3.05) is 10.6 Å². The number of nitrogens with zero attached hydrogens (tertiary/aromatic N) is 1. The zero-order chi connectivity index (χ0) is 21.8. The smallest absolute Gasteiger partial charge is 0.323 e. The predicted octanol–water partition coefficient (Wildman–Crippen LogP) is 5.39. The van der Waals surface area contributed by atoms with Crippen LogP contribution in [0.4, 0.5) is 25.0 Å². The summed E-state index contributed by atoms with van der Waals surface area (Å²) in [5, 5.41) is 9.78. The van der Waals surface area contributed by atoms with Gasteiger partial charge in [0.25, 0.3) is 0 Å². The summed E-state index contributed by atoms with van der Waals surface area (Å²) in [6.45, 7) is 0.640. The topological polar surface area (TPSA) is 58.1 Å². The zero-order valence-electron chi connectivity index (χ0n) is 17.0. The van der Waals surface area contributed by atoms with Crippen LogP contribution in [-0.2, 0) is 20.1 Å². The van der Waals surface area contributed by atoms with Crippen molar-refractivity contribution >= 4 is 28.3 Å². The maximum atomic E-state index is 13.7. The van der Waals surface area contributed by atoms with Crippen molar-refractivity contribution in [1.29, 1.82) is 0 Å². The average molecular weight is 420 g/mol. The molecule has 0 fully saturated rings. The molecule has 1 heterocycles. The first-order chi connectivity index (χ1) is 15.0. The Kier molecular flexibility index (Phi) is 5.95. The van der Waals surface area contributed by atoms with E-state index in [0.717, 1.165) is 28.6 Å². The number of rotatable bonds is 6. The van der Waals surface area contributed by atoms with Gasteiger partial charge in [-0.2, -0.15) is 0 Å². The summed E-state index contributed by atoms with van der Waals surface area (Å²) in [5.74, 6) is -0.920. The number of nitrogens with one attached hydrogen (secondary N) is 3. The molecule has 1 aromatic heterocycles. The van der Waals surface area contributed by atoms with Gasteiger partial charge < -0.3 is 20.5 Å². The van der Waals surface area contributed by atoms with Crippen LogP contribution in [-0.4, -0.2) is 10.6 Å². The summed E-state index contributed by atoms with van der Waals surface area (Å²) in [6.07, 6.45) is 1.97. The van der Waals surface area contributed by atoms with E-state index >= 15 is 0 Å². The monoisotopic (exact) mass is 420 g/mol. The number of halogens is 2. The number of hydrogen-bond donors (Lipinski definition) is 3. The Hall–Kier alpha value is -3.71. The molecule has 4 rings (SSSR count). The van der Waals surface area contributed by atoms with E-state index < -0.39 is 11.6 Å². The van der Waals surface area contributed by atoms with Gasteiger partial charge in [0.1, 0.15) is 11.6 Å². The highest BCUT2D eigenvalue weighted by atomic mass is 19.1. The van der Waals surface area contributed by atoms with E-state index in [0.29, 0.717) is 17.9 Å². The molecule has 0 unspecified atom stereocenters. The number of urea groups is 1. The second-order valence-electron chi connectivity index (χ2n) is 7.32. The van der Waals surface area contributed by atoms with Gasteiger partial charge in [0.15, 0.2) is 0 Å². The largest absolute Gasteiger partial charge is 0.351 e. The van der Waals surface area contributed by atoms with Crippen LogP contribution in [0.15, 0.2) is 72.9 Å². The summed E-state index contributed by atoms with van der Waals surface area (Å²) < 4.78 is 29.0. The third-order valence-electron chi connectivity index (χ3n) is 4.98. The molecule has 0 aliphatic heterocycles. The lowest BCUT2D eigenvalue weighted by Gasteiger charge is -2.10. The molecule has 3 aromatic carbocycles. The highest BCUT2D eigenvalue weighted by Gasteiger charge is 2.07. The molecular weight excluding hydrogens is 398 g/mol. The lowest BCUT2D eigenvalue weighted by molar-refractivity contribution is 0.262. The molecule has 0 bridgehead atoms. The van der Waals surface area contributed by atoms with Crippen LogP contribution in [0.25, 0.3) is 10.9 Å². The van der Waals surface area contributed by atoms with Gasteiger partial charge in [-0.3, -0.25) is 0 Å². The maximum absolute atomic E-state index is 13.7.